The third-order valence-electron chi connectivity index (χ3n) is 6.54. The quantitative estimate of drug-likeness (QED) is 0.136. The molecule has 0 saturated carbocycles. The van der Waals surface area contributed by atoms with Crippen molar-refractivity contribution in [3.63, 3.8) is 0 Å². The standard InChI is InChI=1S/C30H34O4S4/c1-3-5-7-9-11-19-17-25(29(31)32)37-27(19)23-15-13-21(35-23)22-14-16-24(36-22)28-20(12-10-8-6-4-2)18-26(38-28)30(33)34/h13-18H,3-12H2,1-2H3,(H,31,32)(H,33,34). The van der Waals surface area contributed by atoms with Crippen molar-refractivity contribution in [2.75, 3.05) is 0 Å². The number of unbranched alkanes of at least 4 members (excludes halogenated alkanes) is 6. The van der Waals surface area contributed by atoms with Crippen LogP contribution >= 0.6 is 45.3 Å². The van der Waals surface area contributed by atoms with Gasteiger partial charge in [0, 0.05) is 29.3 Å². The van der Waals surface area contributed by atoms with Crippen LogP contribution in [0.4, 0.5) is 0 Å². The number of carboxylic acid groups (broad SMARTS) is 2. The molecule has 0 fully saturated rings. The molecule has 0 bridgehead atoms. The Morgan fingerprint density at radius 1 is 0.579 bits per heavy atom. The van der Waals surface area contributed by atoms with Crippen molar-refractivity contribution < 1.29 is 19.8 Å². The first-order chi connectivity index (χ1) is 18.4. The fourth-order valence-corrected chi connectivity index (χ4v) is 9.02. The summed E-state index contributed by atoms with van der Waals surface area (Å²) in [4.78, 5) is 30.8. The van der Waals surface area contributed by atoms with E-state index in [0.29, 0.717) is 9.75 Å². The summed E-state index contributed by atoms with van der Waals surface area (Å²) in [5, 5.41) is 19.2. The highest BCUT2D eigenvalue weighted by Crippen LogP contribution is 2.45. The second-order valence-corrected chi connectivity index (χ2v) is 13.8. The summed E-state index contributed by atoms with van der Waals surface area (Å²) in [6.45, 7) is 4.39. The summed E-state index contributed by atoms with van der Waals surface area (Å²) in [5.41, 5.74) is 2.27. The Kier molecular flexibility index (Phi) is 10.4. The molecule has 4 nitrogen and oxygen atoms in total. The predicted molar refractivity (Wildman–Crippen MR) is 164 cm³/mol. The molecule has 0 radical (unpaired) electrons. The molecule has 202 valence electrons. The zero-order valence-electron chi connectivity index (χ0n) is 21.9. The molecule has 4 aromatic heterocycles. The van der Waals surface area contributed by atoms with Crippen molar-refractivity contribution in [1.82, 2.24) is 0 Å². The van der Waals surface area contributed by atoms with Gasteiger partial charge >= 0.3 is 11.9 Å². The molecule has 0 spiro atoms. The van der Waals surface area contributed by atoms with Crippen LogP contribution < -0.4 is 0 Å². The van der Waals surface area contributed by atoms with Crippen molar-refractivity contribution in [1.29, 1.82) is 0 Å². The molecule has 0 aromatic carbocycles. The van der Waals surface area contributed by atoms with E-state index in [1.54, 1.807) is 22.7 Å². The number of hydrogen-bond acceptors (Lipinski definition) is 6. The van der Waals surface area contributed by atoms with E-state index in [9.17, 15) is 19.8 Å². The lowest BCUT2D eigenvalue weighted by atomic mass is 10.1. The first-order valence-corrected chi connectivity index (χ1v) is 16.6. The van der Waals surface area contributed by atoms with E-state index in [0.717, 1.165) is 78.9 Å². The second-order valence-electron chi connectivity index (χ2n) is 9.49. The van der Waals surface area contributed by atoms with Crippen molar-refractivity contribution in [2.45, 2.75) is 78.1 Å². The van der Waals surface area contributed by atoms with Crippen LogP contribution in [0.5, 0.6) is 0 Å². The van der Waals surface area contributed by atoms with E-state index >= 15 is 0 Å². The van der Waals surface area contributed by atoms with Crippen LogP contribution in [0, 0.1) is 0 Å². The number of hydrogen-bond donors (Lipinski definition) is 2. The summed E-state index contributed by atoms with van der Waals surface area (Å²) in [5.74, 6) is -1.73. The van der Waals surface area contributed by atoms with Gasteiger partial charge in [-0.3, -0.25) is 0 Å². The highest BCUT2D eigenvalue weighted by Gasteiger charge is 2.19. The van der Waals surface area contributed by atoms with Gasteiger partial charge in [-0.1, -0.05) is 52.4 Å². The van der Waals surface area contributed by atoms with Gasteiger partial charge in [0.2, 0.25) is 0 Å². The normalized spacial score (nSPS) is 11.3. The Morgan fingerprint density at radius 2 is 0.974 bits per heavy atom. The van der Waals surface area contributed by atoms with E-state index < -0.39 is 11.9 Å². The fourth-order valence-electron chi connectivity index (χ4n) is 4.53. The molecule has 4 aromatic rings. The summed E-state index contributed by atoms with van der Waals surface area (Å²) in [6.07, 6.45) is 11.0. The van der Waals surface area contributed by atoms with Crippen LogP contribution in [0.15, 0.2) is 36.4 Å². The zero-order valence-corrected chi connectivity index (χ0v) is 25.1. The van der Waals surface area contributed by atoms with Crippen LogP contribution in [0.25, 0.3) is 29.3 Å². The van der Waals surface area contributed by atoms with Crippen LogP contribution in [-0.4, -0.2) is 22.2 Å². The highest BCUT2D eigenvalue weighted by atomic mass is 32.1. The monoisotopic (exact) mass is 586 g/mol. The van der Waals surface area contributed by atoms with Gasteiger partial charge in [0.15, 0.2) is 0 Å². The SMILES string of the molecule is CCCCCCc1cc(C(=O)O)sc1-c1ccc(-c2ccc(-c3sc(C(=O)O)cc3CCCCCC)s2)s1. The number of carbonyl (C=O) groups is 2. The topological polar surface area (TPSA) is 74.6 Å². The van der Waals surface area contributed by atoms with Gasteiger partial charge in [0.05, 0.1) is 0 Å². The molecule has 2 N–H and O–H groups in total. The minimum atomic E-state index is -0.863. The predicted octanol–water partition coefficient (Wildman–Crippen LogP) is 10.6. The maximum absolute atomic E-state index is 11.7. The second kappa shape index (κ2) is 13.7. The molecule has 0 aliphatic carbocycles. The highest BCUT2D eigenvalue weighted by molar-refractivity contribution is 7.29. The lowest BCUT2D eigenvalue weighted by Crippen LogP contribution is -1.90. The van der Waals surface area contributed by atoms with Gasteiger partial charge in [-0.25, -0.2) is 9.59 Å². The van der Waals surface area contributed by atoms with Gasteiger partial charge in [0.25, 0.3) is 0 Å². The largest absolute Gasteiger partial charge is 0.477 e. The number of rotatable bonds is 15. The lowest BCUT2D eigenvalue weighted by molar-refractivity contribution is 0.0691. The Morgan fingerprint density at radius 3 is 1.34 bits per heavy atom. The molecule has 8 heteroatoms. The summed E-state index contributed by atoms with van der Waals surface area (Å²) in [6, 6.07) is 12.2. The van der Waals surface area contributed by atoms with Crippen LogP contribution in [0.1, 0.15) is 95.7 Å². The first kappa shape index (κ1) is 28.7. The molecular formula is C30H34O4S4. The first-order valence-electron chi connectivity index (χ1n) is 13.3. The Bertz CT molecular complexity index is 1270. The van der Waals surface area contributed by atoms with E-state index in [1.165, 1.54) is 48.4 Å². The fraction of sp³-hybridized carbons (Fsp3) is 0.400. The van der Waals surface area contributed by atoms with Gasteiger partial charge in [-0.05, 0) is 73.2 Å². The van der Waals surface area contributed by atoms with E-state index in [-0.39, 0.29) is 0 Å². The number of carboxylic acids is 2. The smallest absolute Gasteiger partial charge is 0.345 e. The molecule has 0 aliphatic rings. The van der Waals surface area contributed by atoms with Crippen LogP contribution in [0.2, 0.25) is 0 Å². The molecule has 4 rings (SSSR count). The van der Waals surface area contributed by atoms with Gasteiger partial charge in [0.1, 0.15) is 9.75 Å². The number of thiophene rings is 4. The van der Waals surface area contributed by atoms with Gasteiger partial charge in [-0.15, -0.1) is 45.3 Å². The minimum absolute atomic E-state index is 0.400. The molecule has 0 amide bonds. The average molecular weight is 587 g/mol. The Hall–Kier alpha value is -2.26. The number of aromatic carboxylic acids is 2. The molecular weight excluding hydrogens is 553 g/mol. The molecule has 0 unspecified atom stereocenters. The zero-order chi connectivity index (χ0) is 27.1. The van der Waals surface area contributed by atoms with E-state index in [2.05, 4.69) is 38.1 Å². The molecule has 0 atom stereocenters. The summed E-state index contributed by atoms with van der Waals surface area (Å²) in [7, 11) is 0. The van der Waals surface area contributed by atoms with Gasteiger partial charge < -0.3 is 10.2 Å². The molecule has 0 aliphatic heterocycles. The number of aryl methyl sites for hydroxylation is 2. The molecule has 0 saturated heterocycles. The van der Waals surface area contributed by atoms with Crippen molar-refractivity contribution >= 4 is 57.3 Å². The lowest BCUT2D eigenvalue weighted by Gasteiger charge is -2.02. The van der Waals surface area contributed by atoms with Crippen molar-refractivity contribution in [3.8, 4) is 29.3 Å². The van der Waals surface area contributed by atoms with Crippen LogP contribution in [-0.2, 0) is 12.8 Å². The van der Waals surface area contributed by atoms with Gasteiger partial charge in [-0.2, -0.15) is 0 Å². The van der Waals surface area contributed by atoms with E-state index in [1.807, 2.05) is 12.1 Å². The summed E-state index contributed by atoms with van der Waals surface area (Å²) >= 11 is 6.15. The van der Waals surface area contributed by atoms with Crippen molar-refractivity contribution in [3.05, 3.63) is 57.3 Å². The average Bonchev–Trinajstić information content (AvgIpc) is 3.69. The minimum Gasteiger partial charge on any atom is -0.477 e. The Labute approximate surface area is 240 Å². The molecule has 38 heavy (non-hydrogen) atoms. The maximum Gasteiger partial charge on any atom is 0.345 e. The maximum atomic E-state index is 11.7. The summed E-state index contributed by atoms with van der Waals surface area (Å²) < 4.78 is 0. The van der Waals surface area contributed by atoms with E-state index in [4.69, 9.17) is 0 Å². The molecule has 4 heterocycles. The van der Waals surface area contributed by atoms with Crippen molar-refractivity contribution in [2.24, 2.45) is 0 Å². The Balaban J connectivity index is 1.57. The third kappa shape index (κ3) is 7.03. The third-order valence-corrected chi connectivity index (χ3v) is 11.6. The van der Waals surface area contributed by atoms with Crippen LogP contribution in [0.3, 0.4) is 0 Å².